The van der Waals surface area contributed by atoms with Crippen molar-refractivity contribution in [2.75, 3.05) is 0 Å². The molecule has 4 rings (SSSR count). The van der Waals surface area contributed by atoms with Gasteiger partial charge in [-0.3, -0.25) is 0 Å². The minimum Gasteiger partial charge on any atom is -0.309 e. The van der Waals surface area contributed by atoms with E-state index < -0.39 is 0 Å². The van der Waals surface area contributed by atoms with Crippen LogP contribution in [0.1, 0.15) is 57.4 Å². The van der Waals surface area contributed by atoms with Crippen molar-refractivity contribution < 1.29 is 0 Å². The average Bonchev–Trinajstić information content (AvgIpc) is 3.05. The van der Waals surface area contributed by atoms with Crippen LogP contribution >= 0.6 is 0 Å². The maximum Gasteiger partial charge on any atom is 0.0541 e. The van der Waals surface area contributed by atoms with Gasteiger partial charge in [-0.05, 0) is 36.1 Å². The Morgan fingerprint density at radius 3 is 1.96 bits per heavy atom. The van der Waals surface area contributed by atoms with E-state index in [1.165, 1.54) is 65.2 Å². The van der Waals surface area contributed by atoms with Crippen LogP contribution in [-0.2, 0) is 0 Å². The van der Waals surface area contributed by atoms with E-state index in [2.05, 4.69) is 91.2 Å². The number of benzene rings is 3. The molecule has 0 aliphatic heterocycles. The number of fused-ring (bicyclic) bond motifs is 3. The van der Waals surface area contributed by atoms with Crippen LogP contribution in [0.5, 0.6) is 0 Å². The van der Waals surface area contributed by atoms with E-state index in [0.717, 1.165) is 0 Å². The first-order valence-corrected chi connectivity index (χ1v) is 10.4. The summed E-state index contributed by atoms with van der Waals surface area (Å²) >= 11 is 0. The van der Waals surface area contributed by atoms with E-state index in [1.54, 1.807) is 0 Å². The van der Waals surface area contributed by atoms with E-state index in [0.29, 0.717) is 5.92 Å². The molecule has 0 amide bonds. The normalized spacial score (nSPS) is 12.7. The van der Waals surface area contributed by atoms with E-state index in [9.17, 15) is 0 Å². The number of aromatic nitrogens is 1. The van der Waals surface area contributed by atoms with Gasteiger partial charge in [0.05, 0.1) is 11.0 Å². The minimum absolute atomic E-state index is 0.568. The van der Waals surface area contributed by atoms with Crippen molar-refractivity contribution >= 4 is 21.8 Å². The highest BCUT2D eigenvalue weighted by Crippen LogP contribution is 2.35. The number of unbranched alkanes of at least 4 members (excludes halogenated alkanes) is 3. The Balaban J connectivity index is 1.82. The molecule has 1 atom stereocenters. The van der Waals surface area contributed by atoms with Crippen molar-refractivity contribution in [1.29, 1.82) is 0 Å². The fourth-order valence-electron chi connectivity index (χ4n) is 4.32. The van der Waals surface area contributed by atoms with Crippen LogP contribution in [0.4, 0.5) is 0 Å². The molecule has 27 heavy (non-hydrogen) atoms. The Labute approximate surface area is 162 Å². The van der Waals surface area contributed by atoms with Crippen LogP contribution in [0.2, 0.25) is 0 Å². The number of para-hydroxylation sites is 3. The molecule has 3 aromatic carbocycles. The maximum atomic E-state index is 2.46. The minimum atomic E-state index is 0.568. The highest BCUT2D eigenvalue weighted by molar-refractivity contribution is 6.09. The quantitative estimate of drug-likeness (QED) is 0.297. The first kappa shape index (κ1) is 17.9. The molecular formula is C26H29N. The van der Waals surface area contributed by atoms with Crippen LogP contribution < -0.4 is 0 Å². The molecule has 0 saturated carbocycles. The first-order chi connectivity index (χ1) is 13.3. The van der Waals surface area contributed by atoms with E-state index in [-0.39, 0.29) is 0 Å². The van der Waals surface area contributed by atoms with Gasteiger partial charge in [-0.15, -0.1) is 0 Å². The Bertz CT molecular complexity index is 987. The van der Waals surface area contributed by atoms with Crippen molar-refractivity contribution in [3.05, 3.63) is 78.4 Å². The summed E-state index contributed by atoms with van der Waals surface area (Å²) in [6.07, 6.45) is 6.57. The molecule has 0 radical (unpaired) electrons. The first-order valence-electron chi connectivity index (χ1n) is 10.4. The summed E-state index contributed by atoms with van der Waals surface area (Å²) < 4.78 is 2.46. The summed E-state index contributed by atoms with van der Waals surface area (Å²) in [5.41, 5.74) is 5.38. The van der Waals surface area contributed by atoms with Gasteiger partial charge in [0.25, 0.3) is 0 Å². The number of rotatable bonds is 7. The highest BCUT2D eigenvalue weighted by Gasteiger charge is 2.16. The highest BCUT2D eigenvalue weighted by atomic mass is 15.0. The van der Waals surface area contributed by atoms with Gasteiger partial charge in [-0.25, -0.2) is 0 Å². The van der Waals surface area contributed by atoms with Crippen molar-refractivity contribution in [2.45, 2.75) is 51.9 Å². The molecule has 0 N–H and O–H groups in total. The third kappa shape index (κ3) is 3.39. The van der Waals surface area contributed by atoms with Crippen LogP contribution in [0.15, 0.2) is 72.8 Å². The maximum absolute atomic E-state index is 2.46. The van der Waals surface area contributed by atoms with Gasteiger partial charge < -0.3 is 4.57 Å². The standard InChI is InChI=1S/C26H29N/c1-3-4-5-6-13-20(2)21-14-7-10-17-24(21)27-25-18-11-8-15-22(25)23-16-9-12-19-26(23)27/h7-12,14-20H,3-6,13H2,1-2H3. The van der Waals surface area contributed by atoms with E-state index in [4.69, 9.17) is 0 Å². The summed E-state index contributed by atoms with van der Waals surface area (Å²) in [7, 11) is 0. The van der Waals surface area contributed by atoms with Gasteiger partial charge >= 0.3 is 0 Å². The molecule has 1 nitrogen and oxygen atoms in total. The van der Waals surface area contributed by atoms with Crippen molar-refractivity contribution in [1.82, 2.24) is 4.57 Å². The lowest BCUT2D eigenvalue weighted by Gasteiger charge is -2.19. The molecule has 0 aliphatic carbocycles. The second kappa shape index (κ2) is 8.00. The fourth-order valence-corrected chi connectivity index (χ4v) is 4.32. The predicted molar refractivity (Wildman–Crippen MR) is 118 cm³/mol. The van der Waals surface area contributed by atoms with Gasteiger partial charge in [-0.1, -0.05) is 94.1 Å². The van der Waals surface area contributed by atoms with Crippen LogP contribution in [0.25, 0.3) is 27.5 Å². The molecule has 1 aromatic heterocycles. The van der Waals surface area contributed by atoms with Gasteiger partial charge in [-0.2, -0.15) is 0 Å². The molecule has 0 fully saturated rings. The number of hydrogen-bond donors (Lipinski definition) is 0. The molecule has 138 valence electrons. The molecule has 0 bridgehead atoms. The van der Waals surface area contributed by atoms with Gasteiger partial charge in [0.1, 0.15) is 0 Å². The Morgan fingerprint density at radius 2 is 1.30 bits per heavy atom. The molecule has 1 heterocycles. The number of nitrogens with zero attached hydrogens (tertiary/aromatic N) is 1. The second-order valence-corrected chi connectivity index (χ2v) is 7.68. The van der Waals surface area contributed by atoms with Gasteiger partial charge in [0, 0.05) is 16.5 Å². The lowest BCUT2D eigenvalue weighted by Crippen LogP contribution is -2.03. The Hall–Kier alpha value is -2.54. The zero-order chi connectivity index (χ0) is 18.6. The lowest BCUT2D eigenvalue weighted by atomic mass is 9.93. The topological polar surface area (TPSA) is 4.93 Å². The second-order valence-electron chi connectivity index (χ2n) is 7.68. The molecule has 0 aliphatic rings. The lowest BCUT2D eigenvalue weighted by molar-refractivity contribution is 0.579. The molecule has 1 unspecified atom stereocenters. The zero-order valence-corrected chi connectivity index (χ0v) is 16.5. The fraction of sp³-hybridized carbons (Fsp3) is 0.308. The Morgan fingerprint density at radius 1 is 0.704 bits per heavy atom. The van der Waals surface area contributed by atoms with Gasteiger partial charge in [0.2, 0.25) is 0 Å². The van der Waals surface area contributed by atoms with E-state index >= 15 is 0 Å². The molecule has 0 saturated heterocycles. The third-order valence-corrected chi connectivity index (χ3v) is 5.78. The molecule has 0 spiro atoms. The largest absolute Gasteiger partial charge is 0.309 e. The summed E-state index contributed by atoms with van der Waals surface area (Å²) in [6, 6.07) is 26.5. The molecule has 4 aromatic rings. The SMILES string of the molecule is CCCCCCC(C)c1ccccc1-n1c2ccccc2c2ccccc21. The van der Waals surface area contributed by atoms with Crippen LogP contribution in [0.3, 0.4) is 0 Å². The van der Waals surface area contributed by atoms with Crippen LogP contribution in [0, 0.1) is 0 Å². The monoisotopic (exact) mass is 355 g/mol. The molecule has 1 heteroatoms. The zero-order valence-electron chi connectivity index (χ0n) is 16.5. The number of hydrogen-bond acceptors (Lipinski definition) is 0. The van der Waals surface area contributed by atoms with Crippen molar-refractivity contribution in [3.8, 4) is 5.69 Å². The van der Waals surface area contributed by atoms with Gasteiger partial charge in [0.15, 0.2) is 0 Å². The van der Waals surface area contributed by atoms with Crippen molar-refractivity contribution in [2.24, 2.45) is 0 Å². The van der Waals surface area contributed by atoms with E-state index in [1.807, 2.05) is 0 Å². The summed E-state index contributed by atoms with van der Waals surface area (Å²) in [5, 5.41) is 2.66. The smallest absolute Gasteiger partial charge is 0.0541 e. The average molecular weight is 356 g/mol. The summed E-state index contributed by atoms with van der Waals surface area (Å²) in [6.45, 7) is 4.67. The summed E-state index contributed by atoms with van der Waals surface area (Å²) in [5.74, 6) is 0.568. The summed E-state index contributed by atoms with van der Waals surface area (Å²) in [4.78, 5) is 0. The van der Waals surface area contributed by atoms with Crippen molar-refractivity contribution in [3.63, 3.8) is 0 Å². The third-order valence-electron chi connectivity index (χ3n) is 5.78. The molecular weight excluding hydrogens is 326 g/mol. The van der Waals surface area contributed by atoms with Crippen LogP contribution in [-0.4, -0.2) is 4.57 Å². The predicted octanol–water partition coefficient (Wildman–Crippen LogP) is 7.86. The Kier molecular flexibility index (Phi) is 5.29.